The summed E-state index contributed by atoms with van der Waals surface area (Å²) in [6.07, 6.45) is 21.9. The molecule has 287 valence electrons. The third-order valence-corrected chi connectivity index (χ3v) is 9.72. The molecule has 0 aliphatic carbocycles. The molecule has 0 atom stereocenters. The van der Waals surface area contributed by atoms with Crippen LogP contribution in [0.1, 0.15) is 57.8 Å². The van der Waals surface area contributed by atoms with Gasteiger partial charge in [-0.3, -0.25) is 14.0 Å². The molecule has 1 radical (unpaired) electrons. The van der Waals surface area contributed by atoms with Crippen molar-refractivity contribution in [2.45, 2.75) is 77.4 Å². The second-order valence-electron chi connectivity index (χ2n) is 13.7. The van der Waals surface area contributed by atoms with Gasteiger partial charge in [0.2, 0.25) is 0 Å². The standard InChI is InChI=1S/C12H23N5.C11H21N5.C7H16N2.C5H8N3.Y/c1-13-11-12-3-8-16(9-4-12)6-2-7-17-10-5-14-15-17;12-10-11-2-7-15(8-3-11)5-1-6-16-9-4-13-14-16;1-8-6-7-2-4-9-5-3-7;1-2-4-8-5-3-6-7-8;/h5,10,12-13H,2-4,6-9,11H2,1H3;4,9,11H,1-3,5-8,10,12H2;7-9H,2-6H2,1H3;3,5H,1-2,4H2;/q;;;-1;. The molecule has 0 aromatic carbocycles. The Morgan fingerprint density at radius 3 is 1.41 bits per heavy atom. The number of nitrogens with one attached hydrogen (secondary N) is 3. The maximum absolute atomic E-state index is 5.68. The Morgan fingerprint density at radius 2 is 1.04 bits per heavy atom. The summed E-state index contributed by atoms with van der Waals surface area (Å²) in [6.45, 7) is 19.4. The van der Waals surface area contributed by atoms with Gasteiger partial charge in [0.05, 0.1) is 18.6 Å². The fourth-order valence-electron chi connectivity index (χ4n) is 6.65. The van der Waals surface area contributed by atoms with E-state index in [1.165, 1.54) is 104 Å². The molecule has 51 heavy (non-hydrogen) atoms. The zero-order valence-electron chi connectivity index (χ0n) is 31.7. The normalized spacial score (nSPS) is 17.6. The Morgan fingerprint density at radius 1 is 0.627 bits per heavy atom. The van der Waals surface area contributed by atoms with Crippen LogP contribution in [-0.4, -0.2) is 141 Å². The molecule has 0 spiro atoms. The number of likely N-dealkylation sites (tertiary alicyclic amines) is 2. The Balaban J connectivity index is 0.000000245. The van der Waals surface area contributed by atoms with E-state index in [9.17, 15) is 0 Å². The van der Waals surface area contributed by atoms with Crippen LogP contribution >= 0.6 is 0 Å². The third-order valence-electron chi connectivity index (χ3n) is 9.72. The number of hydrogen-bond acceptors (Lipinski definition) is 12. The van der Waals surface area contributed by atoms with Gasteiger partial charge in [-0.15, -0.1) is 15.3 Å². The van der Waals surface area contributed by atoms with E-state index in [1.54, 1.807) is 23.3 Å². The minimum absolute atomic E-state index is 0. The second kappa shape index (κ2) is 29.7. The van der Waals surface area contributed by atoms with Gasteiger partial charge in [0, 0.05) is 70.9 Å². The van der Waals surface area contributed by atoms with Crippen LogP contribution in [0.25, 0.3) is 0 Å². The molecular weight excluding hydrogens is 719 g/mol. The van der Waals surface area contributed by atoms with E-state index in [2.05, 4.69) is 63.6 Å². The summed E-state index contributed by atoms with van der Waals surface area (Å²) in [5.74, 6) is 2.56. The molecular formula is C35H68N15Y-. The second-order valence-corrected chi connectivity index (χ2v) is 13.7. The Bertz CT molecular complexity index is 1110. The molecule has 3 aromatic heterocycles. The summed E-state index contributed by atoms with van der Waals surface area (Å²) >= 11 is 0. The summed E-state index contributed by atoms with van der Waals surface area (Å²) in [4.78, 5) is 5.10. The summed E-state index contributed by atoms with van der Waals surface area (Å²) in [5, 5.41) is 32.7. The average molecular weight is 788 g/mol. The Labute approximate surface area is 332 Å². The molecule has 0 bridgehead atoms. The van der Waals surface area contributed by atoms with Crippen LogP contribution in [0.2, 0.25) is 0 Å². The number of nitrogens with two attached hydrogens (primary N) is 1. The van der Waals surface area contributed by atoms with Gasteiger partial charge in [0.25, 0.3) is 0 Å². The fourth-order valence-corrected chi connectivity index (χ4v) is 6.65. The van der Waals surface area contributed by atoms with Crippen molar-refractivity contribution in [1.29, 1.82) is 0 Å². The van der Waals surface area contributed by atoms with Crippen molar-refractivity contribution in [3.05, 3.63) is 44.1 Å². The molecule has 6 rings (SSSR count). The maximum Gasteiger partial charge on any atom is 0.0692 e. The first kappa shape index (κ1) is 45.4. The van der Waals surface area contributed by atoms with Crippen LogP contribution in [-0.2, 0) is 52.3 Å². The van der Waals surface area contributed by atoms with Crippen molar-refractivity contribution < 1.29 is 32.7 Å². The number of aromatic nitrogens is 9. The average Bonchev–Trinajstić information content (AvgIpc) is 3.97. The molecule has 5 N–H and O–H groups in total. The van der Waals surface area contributed by atoms with Crippen LogP contribution < -0.4 is 21.7 Å². The first-order chi connectivity index (χ1) is 24.6. The van der Waals surface area contributed by atoms with Crippen LogP contribution in [0, 0.1) is 24.7 Å². The van der Waals surface area contributed by atoms with E-state index < -0.39 is 0 Å². The van der Waals surface area contributed by atoms with E-state index in [1.807, 2.05) is 42.0 Å². The van der Waals surface area contributed by atoms with Crippen LogP contribution in [0.4, 0.5) is 0 Å². The molecule has 16 heteroatoms. The molecule has 15 nitrogen and oxygen atoms in total. The number of nitrogens with zero attached hydrogens (tertiary/aromatic N) is 11. The monoisotopic (exact) mass is 787 g/mol. The van der Waals surface area contributed by atoms with E-state index in [0.29, 0.717) is 0 Å². The number of aryl methyl sites for hydroxylation is 3. The number of rotatable bonds is 15. The zero-order valence-corrected chi connectivity index (χ0v) is 34.6. The summed E-state index contributed by atoms with van der Waals surface area (Å²) in [6, 6.07) is 0. The molecule has 6 heterocycles. The van der Waals surface area contributed by atoms with Gasteiger partial charge < -0.3 is 38.4 Å². The predicted molar refractivity (Wildman–Crippen MR) is 200 cm³/mol. The van der Waals surface area contributed by atoms with Gasteiger partial charge in [-0.2, -0.15) is 6.42 Å². The number of piperidine rings is 3. The maximum atomic E-state index is 5.68. The minimum Gasteiger partial charge on any atom is -0.342 e. The van der Waals surface area contributed by atoms with Crippen molar-refractivity contribution in [2.75, 3.05) is 86.1 Å². The van der Waals surface area contributed by atoms with Gasteiger partial charge in [-0.25, -0.2) is 0 Å². The van der Waals surface area contributed by atoms with E-state index in [4.69, 9.17) is 5.73 Å². The van der Waals surface area contributed by atoms with Crippen LogP contribution in [0.3, 0.4) is 0 Å². The molecule has 3 aliphatic heterocycles. The molecule has 0 saturated carbocycles. The molecule has 3 saturated heterocycles. The summed E-state index contributed by atoms with van der Waals surface area (Å²) in [7, 11) is 4.08. The quantitative estimate of drug-likeness (QED) is 0.165. The van der Waals surface area contributed by atoms with Crippen molar-refractivity contribution in [2.24, 2.45) is 23.5 Å². The Kier molecular flexibility index (Phi) is 26.5. The van der Waals surface area contributed by atoms with Gasteiger partial charge >= 0.3 is 0 Å². The van der Waals surface area contributed by atoms with Crippen LogP contribution in [0.5, 0.6) is 0 Å². The van der Waals surface area contributed by atoms with E-state index >= 15 is 0 Å². The zero-order chi connectivity index (χ0) is 35.5. The molecule has 0 amide bonds. The van der Waals surface area contributed by atoms with Gasteiger partial charge in [0.15, 0.2) is 0 Å². The first-order valence-electron chi connectivity index (χ1n) is 19.1. The molecule has 3 aromatic rings. The SMILES string of the molecule is CNCC1CCN(CCCn2ccnn2)CC1.CNCC1CCNCC1.NCC1CCN(CCCn2ccnn2)CC1.[CH2-]CCn1ccnn1.[Y]. The Hall–Kier alpha value is -1.72. The van der Waals surface area contributed by atoms with Gasteiger partial charge in [0.1, 0.15) is 0 Å². The van der Waals surface area contributed by atoms with Crippen molar-refractivity contribution in [1.82, 2.24) is 70.7 Å². The first-order valence-corrected chi connectivity index (χ1v) is 19.1. The van der Waals surface area contributed by atoms with Crippen molar-refractivity contribution in [3.63, 3.8) is 0 Å². The van der Waals surface area contributed by atoms with Crippen molar-refractivity contribution >= 4 is 0 Å². The topological polar surface area (TPSA) is 161 Å². The largest absolute Gasteiger partial charge is 0.342 e. The van der Waals surface area contributed by atoms with E-state index in [-0.39, 0.29) is 32.7 Å². The molecule has 3 fully saturated rings. The molecule has 0 unspecified atom stereocenters. The smallest absolute Gasteiger partial charge is 0.0692 e. The summed E-state index contributed by atoms with van der Waals surface area (Å²) in [5.41, 5.74) is 5.68. The van der Waals surface area contributed by atoms with E-state index in [0.717, 1.165) is 63.3 Å². The summed E-state index contributed by atoms with van der Waals surface area (Å²) < 4.78 is 5.56. The van der Waals surface area contributed by atoms with Crippen molar-refractivity contribution in [3.8, 4) is 0 Å². The fraction of sp³-hybridized carbons (Fsp3) is 0.800. The van der Waals surface area contributed by atoms with Gasteiger partial charge in [-0.05, 0) is 155 Å². The number of hydrogen-bond donors (Lipinski definition) is 4. The van der Waals surface area contributed by atoms with Gasteiger partial charge in [-0.1, -0.05) is 15.6 Å². The minimum atomic E-state index is 0. The predicted octanol–water partition coefficient (Wildman–Crippen LogP) is 1.64. The molecule has 3 aliphatic rings. The van der Waals surface area contributed by atoms with Crippen LogP contribution in [0.15, 0.2) is 37.2 Å². The third kappa shape index (κ3) is 20.9.